The Bertz CT molecular complexity index is 398. The number of aryl methyl sites for hydroxylation is 2. The molecule has 2 rings (SSSR count). The largest absolute Gasteiger partial charge is 0.329 e. The number of likely N-dealkylation sites (N-methyl/N-ethyl adjacent to an activating group) is 1. The first kappa shape index (κ1) is 13.6. The molecule has 0 heterocycles. The summed E-state index contributed by atoms with van der Waals surface area (Å²) in [5.74, 6) is 0.606. The smallest absolute Gasteiger partial charge is 0.0241 e. The lowest BCUT2D eigenvalue weighted by Crippen LogP contribution is -2.41. The Morgan fingerprint density at radius 1 is 1.22 bits per heavy atom. The predicted octanol–water partition coefficient (Wildman–Crippen LogP) is 2.59. The zero-order valence-electron chi connectivity index (χ0n) is 11.9. The SMILES string of the molecule is CC(C)C(CN)N(C)Cc1ccc2c(c1)CCC2. The van der Waals surface area contributed by atoms with Crippen LogP contribution in [0.4, 0.5) is 0 Å². The van der Waals surface area contributed by atoms with Gasteiger partial charge < -0.3 is 5.73 Å². The Labute approximate surface area is 111 Å². The van der Waals surface area contributed by atoms with E-state index < -0.39 is 0 Å². The second-order valence-electron chi connectivity index (χ2n) is 5.92. The normalized spacial score (nSPS) is 16.3. The first-order chi connectivity index (χ1) is 8.61. The van der Waals surface area contributed by atoms with E-state index in [2.05, 4.69) is 44.0 Å². The predicted molar refractivity (Wildman–Crippen MR) is 77.6 cm³/mol. The fourth-order valence-corrected chi connectivity index (χ4v) is 3.09. The van der Waals surface area contributed by atoms with Crippen molar-refractivity contribution < 1.29 is 0 Å². The van der Waals surface area contributed by atoms with Crippen molar-refractivity contribution in [3.63, 3.8) is 0 Å². The van der Waals surface area contributed by atoms with Crippen LogP contribution in [0, 0.1) is 5.92 Å². The average molecular weight is 246 g/mol. The van der Waals surface area contributed by atoms with Crippen LogP contribution in [-0.2, 0) is 19.4 Å². The molecule has 0 amide bonds. The molecule has 0 saturated heterocycles. The molecule has 0 spiro atoms. The summed E-state index contributed by atoms with van der Waals surface area (Å²) in [5, 5.41) is 0. The number of fused-ring (bicyclic) bond motifs is 1. The topological polar surface area (TPSA) is 29.3 Å². The molecule has 18 heavy (non-hydrogen) atoms. The third-order valence-corrected chi connectivity index (χ3v) is 4.17. The van der Waals surface area contributed by atoms with E-state index in [-0.39, 0.29) is 0 Å². The van der Waals surface area contributed by atoms with Crippen LogP contribution in [0.1, 0.15) is 37.0 Å². The molecule has 1 atom stereocenters. The summed E-state index contributed by atoms with van der Waals surface area (Å²) < 4.78 is 0. The maximum absolute atomic E-state index is 5.88. The maximum Gasteiger partial charge on any atom is 0.0241 e. The molecule has 1 aliphatic carbocycles. The van der Waals surface area contributed by atoms with Gasteiger partial charge in [-0.2, -0.15) is 0 Å². The van der Waals surface area contributed by atoms with E-state index in [1.54, 1.807) is 11.1 Å². The second-order valence-corrected chi connectivity index (χ2v) is 5.92. The van der Waals surface area contributed by atoms with Crippen molar-refractivity contribution in [1.29, 1.82) is 0 Å². The van der Waals surface area contributed by atoms with Crippen molar-refractivity contribution >= 4 is 0 Å². The zero-order chi connectivity index (χ0) is 13.1. The van der Waals surface area contributed by atoms with Crippen LogP contribution in [0.3, 0.4) is 0 Å². The lowest BCUT2D eigenvalue weighted by molar-refractivity contribution is 0.190. The summed E-state index contributed by atoms with van der Waals surface area (Å²) in [6.45, 7) is 6.24. The Kier molecular flexibility index (Phi) is 4.41. The van der Waals surface area contributed by atoms with E-state index in [4.69, 9.17) is 5.73 Å². The van der Waals surface area contributed by atoms with Crippen molar-refractivity contribution in [3.8, 4) is 0 Å². The van der Waals surface area contributed by atoms with E-state index >= 15 is 0 Å². The van der Waals surface area contributed by atoms with Gasteiger partial charge in [0, 0.05) is 19.1 Å². The van der Waals surface area contributed by atoms with Gasteiger partial charge in [-0.1, -0.05) is 32.0 Å². The van der Waals surface area contributed by atoms with E-state index in [0.717, 1.165) is 13.1 Å². The van der Waals surface area contributed by atoms with Gasteiger partial charge >= 0.3 is 0 Å². The van der Waals surface area contributed by atoms with Crippen molar-refractivity contribution in [1.82, 2.24) is 4.90 Å². The highest BCUT2D eigenvalue weighted by Crippen LogP contribution is 2.23. The molecule has 0 saturated carbocycles. The Morgan fingerprint density at radius 2 is 1.94 bits per heavy atom. The van der Waals surface area contributed by atoms with E-state index in [9.17, 15) is 0 Å². The first-order valence-corrected chi connectivity index (χ1v) is 7.12. The van der Waals surface area contributed by atoms with Gasteiger partial charge in [0.25, 0.3) is 0 Å². The first-order valence-electron chi connectivity index (χ1n) is 7.12. The van der Waals surface area contributed by atoms with Crippen LogP contribution in [0.15, 0.2) is 18.2 Å². The minimum absolute atomic E-state index is 0.471. The van der Waals surface area contributed by atoms with Gasteiger partial charge in [-0.3, -0.25) is 4.90 Å². The van der Waals surface area contributed by atoms with Gasteiger partial charge in [0.05, 0.1) is 0 Å². The molecule has 0 bridgehead atoms. The summed E-state index contributed by atoms with van der Waals surface area (Å²) in [6, 6.07) is 7.47. The molecule has 1 aliphatic rings. The summed E-state index contributed by atoms with van der Waals surface area (Å²) in [5.41, 5.74) is 10.4. The number of hydrogen-bond acceptors (Lipinski definition) is 2. The van der Waals surface area contributed by atoms with Crippen molar-refractivity contribution in [2.45, 2.75) is 45.7 Å². The summed E-state index contributed by atoms with van der Waals surface area (Å²) in [4.78, 5) is 2.39. The lowest BCUT2D eigenvalue weighted by atomic mass is 10.0. The molecular formula is C16H26N2. The Balaban J connectivity index is 2.05. The molecule has 1 aromatic rings. The number of rotatable bonds is 5. The Morgan fingerprint density at radius 3 is 2.61 bits per heavy atom. The maximum atomic E-state index is 5.88. The molecule has 100 valence electrons. The molecule has 1 unspecified atom stereocenters. The fraction of sp³-hybridized carbons (Fsp3) is 0.625. The summed E-state index contributed by atoms with van der Waals surface area (Å²) in [6.07, 6.45) is 3.85. The molecular weight excluding hydrogens is 220 g/mol. The van der Waals surface area contributed by atoms with Crippen molar-refractivity contribution in [2.75, 3.05) is 13.6 Å². The van der Waals surface area contributed by atoms with Gasteiger partial charge in [-0.15, -0.1) is 0 Å². The fourth-order valence-electron chi connectivity index (χ4n) is 3.09. The molecule has 1 aromatic carbocycles. The number of nitrogens with zero attached hydrogens (tertiary/aromatic N) is 1. The second kappa shape index (κ2) is 5.85. The minimum Gasteiger partial charge on any atom is -0.329 e. The highest BCUT2D eigenvalue weighted by molar-refractivity contribution is 5.35. The number of benzene rings is 1. The van der Waals surface area contributed by atoms with Crippen LogP contribution in [-0.4, -0.2) is 24.5 Å². The molecule has 2 N–H and O–H groups in total. The zero-order valence-corrected chi connectivity index (χ0v) is 11.9. The number of hydrogen-bond donors (Lipinski definition) is 1. The van der Waals surface area contributed by atoms with Gasteiger partial charge in [-0.05, 0) is 48.9 Å². The summed E-state index contributed by atoms with van der Waals surface area (Å²) in [7, 11) is 2.19. The molecule has 2 nitrogen and oxygen atoms in total. The standard InChI is InChI=1S/C16H26N2/c1-12(2)16(10-17)18(3)11-13-7-8-14-5-4-6-15(14)9-13/h7-9,12,16H,4-6,10-11,17H2,1-3H3. The highest BCUT2D eigenvalue weighted by atomic mass is 15.1. The summed E-state index contributed by atoms with van der Waals surface area (Å²) >= 11 is 0. The molecule has 0 fully saturated rings. The van der Waals surface area contributed by atoms with E-state index in [1.165, 1.54) is 24.8 Å². The molecule has 0 radical (unpaired) electrons. The van der Waals surface area contributed by atoms with E-state index in [1.807, 2.05) is 0 Å². The van der Waals surface area contributed by atoms with Crippen LogP contribution in [0.2, 0.25) is 0 Å². The van der Waals surface area contributed by atoms with Crippen LogP contribution in [0.25, 0.3) is 0 Å². The lowest BCUT2D eigenvalue weighted by Gasteiger charge is -2.30. The molecule has 0 aliphatic heterocycles. The van der Waals surface area contributed by atoms with Gasteiger partial charge in [0.15, 0.2) is 0 Å². The van der Waals surface area contributed by atoms with E-state index in [0.29, 0.717) is 12.0 Å². The van der Waals surface area contributed by atoms with Crippen molar-refractivity contribution in [3.05, 3.63) is 34.9 Å². The minimum atomic E-state index is 0.471. The highest BCUT2D eigenvalue weighted by Gasteiger charge is 2.18. The molecule has 2 heteroatoms. The monoisotopic (exact) mass is 246 g/mol. The van der Waals surface area contributed by atoms with Crippen LogP contribution >= 0.6 is 0 Å². The van der Waals surface area contributed by atoms with Gasteiger partial charge in [0.2, 0.25) is 0 Å². The average Bonchev–Trinajstić information content (AvgIpc) is 2.76. The quantitative estimate of drug-likeness (QED) is 0.865. The molecule has 0 aromatic heterocycles. The van der Waals surface area contributed by atoms with Crippen molar-refractivity contribution in [2.24, 2.45) is 11.7 Å². The van der Waals surface area contributed by atoms with Gasteiger partial charge in [-0.25, -0.2) is 0 Å². The van der Waals surface area contributed by atoms with Crippen LogP contribution < -0.4 is 5.73 Å². The number of nitrogens with two attached hydrogens (primary N) is 1. The van der Waals surface area contributed by atoms with Gasteiger partial charge in [0.1, 0.15) is 0 Å². The van der Waals surface area contributed by atoms with Crippen LogP contribution in [0.5, 0.6) is 0 Å². The Hall–Kier alpha value is -0.860. The third kappa shape index (κ3) is 2.93. The third-order valence-electron chi connectivity index (χ3n) is 4.17.